The molecule has 1 aliphatic rings. The van der Waals surface area contributed by atoms with Crippen LogP contribution < -0.4 is 0 Å². The SMILES string of the molecule is N#CC1(c2c(Cl)ncnc2Cl)CC(=O)C1. The van der Waals surface area contributed by atoms with Gasteiger partial charge in [0.15, 0.2) is 0 Å². The van der Waals surface area contributed by atoms with E-state index in [4.69, 9.17) is 28.5 Å². The van der Waals surface area contributed by atoms with Crippen molar-refractivity contribution < 1.29 is 4.79 Å². The summed E-state index contributed by atoms with van der Waals surface area (Å²) in [4.78, 5) is 18.5. The van der Waals surface area contributed by atoms with Gasteiger partial charge in [0.25, 0.3) is 0 Å². The average Bonchev–Trinajstić information content (AvgIpc) is 2.14. The van der Waals surface area contributed by atoms with Crippen molar-refractivity contribution in [2.24, 2.45) is 0 Å². The van der Waals surface area contributed by atoms with Gasteiger partial charge in [0.05, 0.1) is 6.07 Å². The second-order valence-electron chi connectivity index (χ2n) is 3.42. The van der Waals surface area contributed by atoms with Crippen molar-refractivity contribution in [3.05, 3.63) is 22.2 Å². The summed E-state index contributed by atoms with van der Waals surface area (Å²) in [6, 6.07) is 2.07. The van der Waals surface area contributed by atoms with Crippen LogP contribution in [0.15, 0.2) is 6.33 Å². The van der Waals surface area contributed by atoms with Gasteiger partial charge in [0.2, 0.25) is 0 Å². The lowest BCUT2D eigenvalue weighted by molar-refractivity contribution is -0.126. The second-order valence-corrected chi connectivity index (χ2v) is 4.13. The van der Waals surface area contributed by atoms with Gasteiger partial charge in [-0.05, 0) is 0 Å². The number of nitrogens with zero attached hydrogens (tertiary/aromatic N) is 3. The third-order valence-corrected chi connectivity index (χ3v) is 3.02. The second kappa shape index (κ2) is 3.44. The summed E-state index contributed by atoms with van der Waals surface area (Å²) in [6.07, 6.45) is 1.49. The van der Waals surface area contributed by atoms with Crippen LogP contribution in [0.4, 0.5) is 0 Å². The molecule has 2 rings (SSSR count). The van der Waals surface area contributed by atoms with Gasteiger partial charge < -0.3 is 0 Å². The molecule has 0 spiro atoms. The molecule has 0 unspecified atom stereocenters. The van der Waals surface area contributed by atoms with Gasteiger partial charge in [-0.2, -0.15) is 5.26 Å². The first-order chi connectivity index (χ1) is 7.09. The number of hydrogen-bond donors (Lipinski definition) is 0. The fraction of sp³-hybridized carbons (Fsp3) is 0.333. The fourth-order valence-corrected chi connectivity index (χ4v) is 2.35. The number of rotatable bonds is 1. The third-order valence-electron chi connectivity index (χ3n) is 2.45. The number of ketones is 1. The highest BCUT2D eigenvalue weighted by molar-refractivity contribution is 6.35. The predicted molar refractivity (Wildman–Crippen MR) is 53.6 cm³/mol. The fourth-order valence-electron chi connectivity index (χ4n) is 1.67. The average molecular weight is 242 g/mol. The molecule has 76 valence electrons. The maximum Gasteiger partial charge on any atom is 0.138 e. The molecule has 15 heavy (non-hydrogen) atoms. The normalized spacial score (nSPS) is 18.1. The topological polar surface area (TPSA) is 66.6 Å². The van der Waals surface area contributed by atoms with Gasteiger partial charge in [0, 0.05) is 18.4 Å². The van der Waals surface area contributed by atoms with Crippen LogP contribution in [0, 0.1) is 11.3 Å². The van der Waals surface area contributed by atoms with E-state index in [9.17, 15) is 4.79 Å². The molecule has 1 aromatic heterocycles. The molecular formula is C9H5Cl2N3O. The Bertz CT molecular complexity index is 452. The van der Waals surface area contributed by atoms with Crippen molar-refractivity contribution >= 4 is 29.0 Å². The van der Waals surface area contributed by atoms with Gasteiger partial charge >= 0.3 is 0 Å². The summed E-state index contributed by atoms with van der Waals surface area (Å²) >= 11 is 11.7. The molecule has 1 fully saturated rings. The Morgan fingerprint density at radius 3 is 2.27 bits per heavy atom. The van der Waals surface area contributed by atoms with Crippen molar-refractivity contribution in [1.82, 2.24) is 9.97 Å². The molecule has 0 N–H and O–H groups in total. The van der Waals surface area contributed by atoms with Crippen LogP contribution in [0.2, 0.25) is 10.3 Å². The van der Waals surface area contributed by atoms with Crippen molar-refractivity contribution in [2.75, 3.05) is 0 Å². The lowest BCUT2D eigenvalue weighted by Gasteiger charge is -2.34. The third kappa shape index (κ3) is 1.48. The minimum Gasteiger partial charge on any atom is -0.300 e. The molecule has 1 aliphatic carbocycles. The monoisotopic (exact) mass is 241 g/mol. The Morgan fingerprint density at radius 1 is 1.33 bits per heavy atom. The van der Waals surface area contributed by atoms with Crippen LogP contribution in [-0.2, 0) is 10.2 Å². The molecule has 0 amide bonds. The Kier molecular flexibility index (Phi) is 2.37. The first-order valence-corrected chi connectivity index (χ1v) is 4.94. The summed E-state index contributed by atoms with van der Waals surface area (Å²) < 4.78 is 0. The van der Waals surface area contributed by atoms with Crippen LogP contribution in [0.5, 0.6) is 0 Å². The smallest absolute Gasteiger partial charge is 0.138 e. The van der Waals surface area contributed by atoms with Gasteiger partial charge in [-0.3, -0.25) is 4.79 Å². The maximum atomic E-state index is 11.0. The van der Waals surface area contributed by atoms with Gasteiger partial charge in [-0.25, -0.2) is 9.97 Å². The van der Waals surface area contributed by atoms with Gasteiger partial charge in [-0.15, -0.1) is 0 Å². The summed E-state index contributed by atoms with van der Waals surface area (Å²) in [5, 5.41) is 9.37. The zero-order valence-corrected chi connectivity index (χ0v) is 9.01. The highest BCUT2D eigenvalue weighted by atomic mass is 35.5. The lowest BCUT2D eigenvalue weighted by Crippen LogP contribution is -2.41. The number of nitriles is 1. The summed E-state index contributed by atoms with van der Waals surface area (Å²) in [5.41, 5.74) is -0.553. The van der Waals surface area contributed by atoms with E-state index in [0.717, 1.165) is 0 Å². The molecule has 0 saturated heterocycles. The number of carbonyl (C=O) groups excluding carboxylic acids is 1. The number of carbonyl (C=O) groups is 1. The zero-order chi connectivity index (χ0) is 11.1. The minimum absolute atomic E-state index is 0.0209. The van der Waals surface area contributed by atoms with Crippen LogP contribution in [0.3, 0.4) is 0 Å². The van der Waals surface area contributed by atoms with Crippen molar-refractivity contribution in [3.8, 4) is 6.07 Å². The number of Topliss-reactive ketones (excluding diaryl/α,β-unsaturated/α-hetero) is 1. The van der Waals surface area contributed by atoms with Crippen LogP contribution in [0.25, 0.3) is 0 Å². The quantitative estimate of drug-likeness (QED) is 0.705. The van der Waals surface area contributed by atoms with E-state index in [1.54, 1.807) is 0 Å². The Morgan fingerprint density at radius 2 is 1.87 bits per heavy atom. The van der Waals surface area contributed by atoms with E-state index < -0.39 is 5.41 Å². The van der Waals surface area contributed by atoms with Crippen LogP contribution >= 0.6 is 23.2 Å². The molecule has 6 heteroatoms. The van der Waals surface area contributed by atoms with Crippen LogP contribution in [0.1, 0.15) is 18.4 Å². The summed E-state index contributed by atoms with van der Waals surface area (Å²) in [7, 11) is 0. The van der Waals surface area contributed by atoms with Gasteiger partial charge in [-0.1, -0.05) is 23.2 Å². The molecular weight excluding hydrogens is 237 g/mol. The Labute approximate surface area is 95.9 Å². The minimum atomic E-state index is -0.924. The maximum absolute atomic E-state index is 11.0. The molecule has 0 atom stereocenters. The number of hydrogen-bond acceptors (Lipinski definition) is 4. The van der Waals surface area contributed by atoms with Crippen molar-refractivity contribution in [2.45, 2.75) is 18.3 Å². The molecule has 0 bridgehead atoms. The standard InChI is InChI=1S/C9H5Cl2N3O/c10-7-6(8(11)14-4-13-7)9(3-12)1-5(15)2-9/h4H,1-2H2. The first kappa shape index (κ1) is 10.3. The molecule has 1 saturated carbocycles. The largest absolute Gasteiger partial charge is 0.300 e. The molecule has 4 nitrogen and oxygen atoms in total. The zero-order valence-electron chi connectivity index (χ0n) is 7.50. The van der Waals surface area contributed by atoms with Crippen LogP contribution in [-0.4, -0.2) is 15.8 Å². The molecule has 0 aliphatic heterocycles. The van der Waals surface area contributed by atoms with Crippen molar-refractivity contribution in [1.29, 1.82) is 5.26 Å². The number of aromatic nitrogens is 2. The van der Waals surface area contributed by atoms with E-state index in [0.29, 0.717) is 5.56 Å². The molecule has 0 aromatic carbocycles. The lowest BCUT2D eigenvalue weighted by atomic mass is 9.65. The van der Waals surface area contributed by atoms with E-state index in [-0.39, 0.29) is 28.9 Å². The molecule has 0 radical (unpaired) electrons. The summed E-state index contributed by atoms with van der Waals surface area (Å²) in [5.74, 6) is 0.0209. The van der Waals surface area contributed by atoms with Crippen molar-refractivity contribution in [3.63, 3.8) is 0 Å². The predicted octanol–water partition coefficient (Wildman–Crippen LogP) is 1.91. The molecule has 1 heterocycles. The Balaban J connectivity index is 2.54. The van der Waals surface area contributed by atoms with E-state index >= 15 is 0 Å². The van der Waals surface area contributed by atoms with Gasteiger partial charge in [0.1, 0.15) is 27.8 Å². The highest BCUT2D eigenvalue weighted by Crippen LogP contribution is 2.45. The van der Waals surface area contributed by atoms with E-state index in [1.165, 1.54) is 6.33 Å². The van der Waals surface area contributed by atoms with E-state index in [1.807, 2.05) is 0 Å². The highest BCUT2D eigenvalue weighted by Gasteiger charge is 2.48. The molecule has 1 aromatic rings. The van der Waals surface area contributed by atoms with E-state index in [2.05, 4.69) is 16.0 Å². The Hall–Kier alpha value is -1.18. The summed E-state index contributed by atoms with van der Waals surface area (Å²) in [6.45, 7) is 0. The number of halogens is 2. The first-order valence-electron chi connectivity index (χ1n) is 4.18.